The Hall–Kier alpha value is -2.11. The number of anilines is 1. The van der Waals surface area contributed by atoms with Crippen LogP contribution in [0.25, 0.3) is 0 Å². The van der Waals surface area contributed by atoms with Gasteiger partial charge in [0.05, 0.1) is 16.4 Å². The summed E-state index contributed by atoms with van der Waals surface area (Å²) in [5.74, 6) is -1.59. The van der Waals surface area contributed by atoms with Crippen LogP contribution < -0.4 is 4.90 Å². The number of benzene rings is 2. The van der Waals surface area contributed by atoms with E-state index in [1.54, 1.807) is 26.0 Å². The molecule has 4 rings (SSSR count). The first-order valence-corrected chi connectivity index (χ1v) is 13.0. The fourth-order valence-corrected chi connectivity index (χ4v) is 7.75. The maximum atomic E-state index is 13.7. The van der Waals surface area contributed by atoms with Gasteiger partial charge < -0.3 is 10.0 Å². The van der Waals surface area contributed by atoms with Crippen LogP contribution in [0.5, 0.6) is 0 Å². The van der Waals surface area contributed by atoms with E-state index in [0.717, 1.165) is 11.6 Å². The Kier molecular flexibility index (Phi) is 6.50. The number of alkyl halides is 3. The lowest BCUT2D eigenvalue weighted by atomic mass is 10.1. The molecule has 1 aliphatic heterocycles. The van der Waals surface area contributed by atoms with Gasteiger partial charge in [0.2, 0.25) is 10.0 Å². The molecule has 1 aliphatic carbocycles. The average molecular weight is 561 g/mol. The van der Waals surface area contributed by atoms with Gasteiger partial charge in [-0.2, -0.15) is 17.5 Å². The van der Waals surface area contributed by atoms with Crippen LogP contribution in [0.2, 0.25) is 0 Å². The van der Waals surface area contributed by atoms with Gasteiger partial charge in [-0.25, -0.2) is 8.42 Å². The number of carboxylic acid groups (broad SMARTS) is 1. The van der Waals surface area contributed by atoms with Crippen molar-refractivity contribution in [3.05, 3.63) is 57.6 Å². The van der Waals surface area contributed by atoms with Crippen LogP contribution in [0.3, 0.4) is 0 Å². The molecule has 0 radical (unpaired) electrons. The van der Waals surface area contributed by atoms with Crippen molar-refractivity contribution >= 4 is 37.6 Å². The topological polar surface area (TPSA) is 77.9 Å². The summed E-state index contributed by atoms with van der Waals surface area (Å²) >= 11 is 3.00. The summed E-state index contributed by atoms with van der Waals surface area (Å²) < 4.78 is 68.1. The van der Waals surface area contributed by atoms with E-state index in [-0.39, 0.29) is 15.8 Å². The molecule has 6 nitrogen and oxygen atoms in total. The van der Waals surface area contributed by atoms with Crippen LogP contribution in [0.15, 0.2) is 45.8 Å². The first-order chi connectivity index (χ1) is 15.8. The maximum Gasteiger partial charge on any atom is 0.417 e. The smallest absolute Gasteiger partial charge is 0.417 e. The molecule has 0 spiro atoms. The van der Waals surface area contributed by atoms with E-state index in [1.807, 2.05) is 4.90 Å². The molecule has 34 heavy (non-hydrogen) atoms. The highest BCUT2D eigenvalue weighted by Crippen LogP contribution is 2.39. The number of aliphatic carboxylic acids is 1. The Labute approximate surface area is 204 Å². The van der Waals surface area contributed by atoms with E-state index < -0.39 is 45.7 Å². The number of halogens is 4. The Balaban J connectivity index is 1.60. The van der Waals surface area contributed by atoms with Gasteiger partial charge in [-0.05, 0) is 62.1 Å². The summed E-state index contributed by atoms with van der Waals surface area (Å²) in [7, 11) is -3.92. The van der Waals surface area contributed by atoms with Crippen molar-refractivity contribution in [1.82, 2.24) is 4.31 Å². The van der Waals surface area contributed by atoms with Gasteiger partial charge in [0.25, 0.3) is 0 Å². The van der Waals surface area contributed by atoms with E-state index in [4.69, 9.17) is 0 Å². The van der Waals surface area contributed by atoms with Crippen LogP contribution in [0.1, 0.15) is 30.5 Å². The zero-order chi connectivity index (χ0) is 25.0. The third-order valence-electron chi connectivity index (χ3n) is 6.51. The summed E-state index contributed by atoms with van der Waals surface area (Å²) in [6, 6.07) is 7.84. The van der Waals surface area contributed by atoms with E-state index in [1.165, 1.54) is 22.5 Å². The van der Waals surface area contributed by atoms with E-state index in [2.05, 4.69) is 15.9 Å². The van der Waals surface area contributed by atoms with Crippen LogP contribution in [0, 0.1) is 5.92 Å². The molecule has 0 aromatic heterocycles. The van der Waals surface area contributed by atoms with E-state index >= 15 is 0 Å². The van der Waals surface area contributed by atoms with Crippen LogP contribution in [-0.4, -0.2) is 49.0 Å². The number of hydrogen-bond donors (Lipinski definition) is 1. The Morgan fingerprint density at radius 2 is 1.74 bits per heavy atom. The highest BCUT2D eigenvalue weighted by atomic mass is 79.9. The minimum Gasteiger partial charge on any atom is -0.481 e. The predicted molar refractivity (Wildman–Crippen MR) is 124 cm³/mol. The van der Waals surface area contributed by atoms with Gasteiger partial charge in [-0.15, -0.1) is 0 Å². The lowest BCUT2D eigenvalue weighted by molar-refractivity contribution is -0.141. The molecule has 184 valence electrons. The van der Waals surface area contributed by atoms with Crippen LogP contribution in [0.4, 0.5) is 18.9 Å². The molecule has 0 saturated carbocycles. The monoisotopic (exact) mass is 560 g/mol. The number of rotatable bonds is 4. The molecule has 1 saturated heterocycles. The summed E-state index contributed by atoms with van der Waals surface area (Å²) in [5.41, 5.74) is 1.10. The number of sulfonamides is 1. The van der Waals surface area contributed by atoms with Crippen molar-refractivity contribution in [1.29, 1.82) is 0 Å². The molecule has 2 aromatic carbocycles. The van der Waals surface area contributed by atoms with Crippen molar-refractivity contribution in [2.75, 3.05) is 18.0 Å². The second-order valence-electron chi connectivity index (χ2n) is 8.94. The van der Waals surface area contributed by atoms with Crippen LogP contribution >= 0.6 is 15.9 Å². The molecule has 0 bridgehead atoms. The van der Waals surface area contributed by atoms with Gasteiger partial charge in [0, 0.05) is 35.3 Å². The Bertz CT molecular complexity index is 1220. The highest BCUT2D eigenvalue weighted by molar-refractivity contribution is 9.10. The SMILES string of the molecule is CC1CN(c2ccc(C(F)(F)F)c(Br)c2)CC(C)N1S(=O)(=O)c1cccc2c1CC(C(=O)O)C2. The van der Waals surface area contributed by atoms with Crippen molar-refractivity contribution in [2.45, 2.75) is 49.8 Å². The third kappa shape index (κ3) is 4.45. The molecular formula is C23H24BrF3N2O4S. The third-order valence-corrected chi connectivity index (χ3v) is 9.38. The highest BCUT2D eigenvalue weighted by Gasteiger charge is 2.41. The fourth-order valence-electron chi connectivity index (χ4n) is 5.07. The summed E-state index contributed by atoms with van der Waals surface area (Å²) in [4.78, 5) is 13.5. The number of piperazine rings is 1. The first-order valence-electron chi connectivity index (χ1n) is 10.8. The zero-order valence-corrected chi connectivity index (χ0v) is 20.9. The molecule has 3 atom stereocenters. The number of nitrogens with zero attached hydrogens (tertiary/aromatic N) is 2. The van der Waals surface area contributed by atoms with Gasteiger partial charge in [0.1, 0.15) is 0 Å². The van der Waals surface area contributed by atoms with Crippen molar-refractivity contribution in [3.8, 4) is 0 Å². The normalized spacial score (nSPS) is 23.7. The van der Waals surface area contributed by atoms with Gasteiger partial charge in [-0.1, -0.05) is 28.1 Å². The number of carbonyl (C=O) groups is 1. The minimum atomic E-state index is -4.47. The van der Waals surface area contributed by atoms with Crippen LogP contribution in [-0.2, 0) is 33.8 Å². The maximum absolute atomic E-state index is 13.7. The van der Waals surface area contributed by atoms with Gasteiger partial charge in [-0.3, -0.25) is 4.79 Å². The molecule has 11 heteroatoms. The standard InChI is InChI=1S/C23H24BrF3N2O4S/c1-13-11-28(17-6-7-19(20(24)10-17)23(25,26)27)12-14(2)29(13)34(32,33)21-5-3-4-15-8-16(22(30)31)9-18(15)21/h3-7,10,13-14,16H,8-9,11-12H2,1-2H3,(H,30,31). The molecule has 2 aliphatic rings. The molecule has 3 unspecified atom stereocenters. The van der Waals surface area contributed by atoms with Crippen molar-refractivity contribution < 1.29 is 31.5 Å². The molecule has 2 aromatic rings. The van der Waals surface area contributed by atoms with Gasteiger partial charge >= 0.3 is 12.1 Å². The largest absolute Gasteiger partial charge is 0.481 e. The number of hydrogen-bond acceptors (Lipinski definition) is 4. The van der Waals surface area contributed by atoms with Crippen molar-refractivity contribution in [2.24, 2.45) is 5.92 Å². The second-order valence-corrected chi connectivity index (χ2v) is 11.6. The van der Waals surface area contributed by atoms with E-state index in [0.29, 0.717) is 30.8 Å². The molecule has 0 amide bonds. The van der Waals surface area contributed by atoms with Crippen molar-refractivity contribution in [3.63, 3.8) is 0 Å². The number of carboxylic acids is 1. The quantitative estimate of drug-likeness (QED) is 0.593. The lowest BCUT2D eigenvalue weighted by Gasteiger charge is -2.44. The Morgan fingerprint density at radius 3 is 2.29 bits per heavy atom. The Morgan fingerprint density at radius 1 is 1.09 bits per heavy atom. The molecule has 1 fully saturated rings. The zero-order valence-electron chi connectivity index (χ0n) is 18.5. The molecular weight excluding hydrogens is 537 g/mol. The summed E-state index contributed by atoms with van der Waals surface area (Å²) in [6.07, 6.45) is -4.00. The minimum absolute atomic E-state index is 0.0688. The summed E-state index contributed by atoms with van der Waals surface area (Å²) in [5, 5.41) is 9.40. The molecule has 1 N–H and O–H groups in total. The fraction of sp³-hybridized carbons (Fsp3) is 0.435. The predicted octanol–water partition coefficient (Wildman–Crippen LogP) is 4.56. The second kappa shape index (κ2) is 8.83. The average Bonchev–Trinajstić information content (AvgIpc) is 3.16. The lowest BCUT2D eigenvalue weighted by Crippen LogP contribution is -2.58. The molecule has 1 heterocycles. The summed E-state index contributed by atoms with van der Waals surface area (Å²) in [6.45, 7) is 4.13. The first kappa shape index (κ1) is 25.0. The van der Waals surface area contributed by atoms with Gasteiger partial charge in [0.15, 0.2) is 0 Å². The van der Waals surface area contributed by atoms with E-state index in [9.17, 15) is 31.5 Å². The number of fused-ring (bicyclic) bond motifs is 1.